The summed E-state index contributed by atoms with van der Waals surface area (Å²) in [5.74, 6) is 0.151. The fraction of sp³-hybridized carbons (Fsp3) is 0.357. The molecule has 2 rings (SSSR count). The molecule has 112 valence electrons. The number of anilines is 1. The van der Waals surface area contributed by atoms with Crippen molar-refractivity contribution in [1.82, 2.24) is 5.16 Å². The molecule has 0 aliphatic carbocycles. The Morgan fingerprint density at radius 2 is 2.00 bits per heavy atom. The highest BCUT2D eigenvalue weighted by molar-refractivity contribution is 5.97. The summed E-state index contributed by atoms with van der Waals surface area (Å²) in [7, 11) is 0. The molecule has 2 heterocycles. The van der Waals surface area contributed by atoms with Crippen LogP contribution in [0.3, 0.4) is 0 Å². The number of ether oxygens (including phenoxy) is 1. The molecule has 0 aromatic carbocycles. The topological polar surface area (TPSA) is 94.6 Å². The summed E-state index contributed by atoms with van der Waals surface area (Å²) in [6.45, 7) is 6.59. The molecule has 0 aliphatic rings. The molecule has 0 fully saturated rings. The highest BCUT2D eigenvalue weighted by Crippen LogP contribution is 2.16. The number of nitrogens with zero attached hydrogens (tertiary/aromatic N) is 1. The number of esters is 1. The van der Waals surface area contributed by atoms with Crippen LogP contribution in [0.5, 0.6) is 0 Å². The molecule has 21 heavy (non-hydrogen) atoms. The van der Waals surface area contributed by atoms with Crippen molar-refractivity contribution in [3.8, 4) is 0 Å². The molecule has 0 saturated carbocycles. The van der Waals surface area contributed by atoms with E-state index in [2.05, 4.69) is 10.5 Å². The maximum Gasteiger partial charge on any atom is 0.342 e. The van der Waals surface area contributed by atoms with Crippen LogP contribution in [0.2, 0.25) is 0 Å². The molecular formula is C14H16N2O5. The van der Waals surface area contributed by atoms with Gasteiger partial charge in [-0.3, -0.25) is 10.1 Å². The Morgan fingerprint density at radius 3 is 2.52 bits per heavy atom. The summed E-state index contributed by atoms with van der Waals surface area (Å²) in [5, 5.41) is 6.11. The third-order valence-electron chi connectivity index (χ3n) is 2.79. The van der Waals surface area contributed by atoms with Gasteiger partial charge in [-0.25, -0.2) is 4.79 Å². The number of rotatable bonds is 4. The van der Waals surface area contributed by atoms with Gasteiger partial charge in [0, 0.05) is 6.07 Å². The number of furan rings is 1. The van der Waals surface area contributed by atoms with Crippen LogP contribution in [0.25, 0.3) is 0 Å². The number of aromatic nitrogens is 1. The van der Waals surface area contributed by atoms with Crippen molar-refractivity contribution in [2.45, 2.75) is 33.8 Å². The van der Waals surface area contributed by atoms with Crippen molar-refractivity contribution in [1.29, 1.82) is 0 Å². The van der Waals surface area contributed by atoms with Gasteiger partial charge in [-0.15, -0.1) is 0 Å². The van der Waals surface area contributed by atoms with Crippen LogP contribution >= 0.6 is 0 Å². The van der Waals surface area contributed by atoms with Gasteiger partial charge in [-0.2, -0.15) is 0 Å². The zero-order valence-corrected chi connectivity index (χ0v) is 12.2. The fourth-order valence-corrected chi connectivity index (χ4v) is 1.76. The summed E-state index contributed by atoms with van der Waals surface area (Å²) in [5.41, 5.74) is 0.946. The smallest absolute Gasteiger partial charge is 0.342 e. The van der Waals surface area contributed by atoms with E-state index in [-0.39, 0.29) is 5.88 Å². The number of amides is 1. The Kier molecular flexibility index (Phi) is 4.11. The van der Waals surface area contributed by atoms with E-state index >= 15 is 0 Å². The molecule has 2 aromatic rings. The first-order valence-corrected chi connectivity index (χ1v) is 6.39. The molecule has 0 bridgehead atoms. The lowest BCUT2D eigenvalue weighted by Crippen LogP contribution is -2.29. The van der Waals surface area contributed by atoms with E-state index < -0.39 is 18.0 Å². The van der Waals surface area contributed by atoms with E-state index in [1.807, 2.05) is 0 Å². The van der Waals surface area contributed by atoms with Crippen molar-refractivity contribution in [2.24, 2.45) is 0 Å². The molecule has 0 aliphatic heterocycles. The lowest BCUT2D eigenvalue weighted by Gasteiger charge is -2.11. The van der Waals surface area contributed by atoms with Crippen molar-refractivity contribution in [2.75, 3.05) is 5.32 Å². The molecule has 1 N–H and O–H groups in total. The van der Waals surface area contributed by atoms with Gasteiger partial charge in [-0.05, 0) is 33.8 Å². The van der Waals surface area contributed by atoms with Gasteiger partial charge in [0.15, 0.2) is 6.10 Å². The van der Waals surface area contributed by atoms with E-state index in [9.17, 15) is 9.59 Å². The van der Waals surface area contributed by atoms with Gasteiger partial charge in [0.05, 0.1) is 5.69 Å². The number of aryl methyl sites for hydroxylation is 3. The number of carbonyl (C=O) groups excluding carboxylic acids is 2. The highest BCUT2D eigenvalue weighted by atomic mass is 16.5. The van der Waals surface area contributed by atoms with Crippen LogP contribution < -0.4 is 5.32 Å². The summed E-state index contributed by atoms with van der Waals surface area (Å²) in [6.07, 6.45) is -0.975. The first-order valence-electron chi connectivity index (χ1n) is 6.39. The Balaban J connectivity index is 1.97. The Bertz CT molecular complexity index is 671. The van der Waals surface area contributed by atoms with Crippen LogP contribution in [0.1, 0.15) is 34.5 Å². The molecule has 0 saturated heterocycles. The minimum Gasteiger partial charge on any atom is -0.466 e. The van der Waals surface area contributed by atoms with Gasteiger partial charge < -0.3 is 13.7 Å². The van der Waals surface area contributed by atoms with E-state index in [0.29, 0.717) is 22.8 Å². The van der Waals surface area contributed by atoms with E-state index in [1.54, 1.807) is 32.9 Å². The number of hydrogen-bond donors (Lipinski definition) is 1. The first kappa shape index (κ1) is 14.8. The quantitative estimate of drug-likeness (QED) is 0.869. The van der Waals surface area contributed by atoms with E-state index in [1.165, 1.54) is 6.92 Å². The average Bonchev–Trinajstić information content (AvgIpc) is 2.95. The summed E-state index contributed by atoms with van der Waals surface area (Å²) >= 11 is 0. The Labute approximate surface area is 121 Å². The first-order chi connectivity index (χ1) is 9.86. The summed E-state index contributed by atoms with van der Waals surface area (Å²) in [6, 6.07) is 3.14. The molecule has 0 unspecified atom stereocenters. The highest BCUT2D eigenvalue weighted by Gasteiger charge is 2.22. The predicted octanol–water partition coefficient (Wildman–Crippen LogP) is 2.38. The normalized spacial score (nSPS) is 12.0. The van der Waals surface area contributed by atoms with E-state index in [0.717, 1.165) is 0 Å². The second-order valence-electron chi connectivity index (χ2n) is 4.70. The van der Waals surface area contributed by atoms with Crippen LogP contribution in [-0.4, -0.2) is 23.1 Å². The van der Waals surface area contributed by atoms with Crippen molar-refractivity contribution < 1.29 is 23.3 Å². The Morgan fingerprint density at radius 1 is 1.29 bits per heavy atom. The van der Waals surface area contributed by atoms with Gasteiger partial charge in [0.25, 0.3) is 5.91 Å². The minimum absolute atomic E-state index is 0.204. The van der Waals surface area contributed by atoms with Gasteiger partial charge in [0.2, 0.25) is 5.88 Å². The number of nitrogens with one attached hydrogen (secondary N) is 1. The molecule has 0 radical (unpaired) electrons. The van der Waals surface area contributed by atoms with Gasteiger partial charge in [-0.1, -0.05) is 5.16 Å². The van der Waals surface area contributed by atoms with Gasteiger partial charge in [0.1, 0.15) is 17.1 Å². The van der Waals surface area contributed by atoms with Crippen molar-refractivity contribution in [3.63, 3.8) is 0 Å². The molecule has 0 spiro atoms. The van der Waals surface area contributed by atoms with Crippen LogP contribution in [0.4, 0.5) is 5.88 Å². The minimum atomic E-state index is -0.975. The average molecular weight is 292 g/mol. The van der Waals surface area contributed by atoms with E-state index in [4.69, 9.17) is 13.7 Å². The van der Waals surface area contributed by atoms with Crippen molar-refractivity contribution in [3.05, 3.63) is 34.9 Å². The number of carbonyl (C=O) groups is 2. The maximum absolute atomic E-state index is 12.0. The Hall–Kier alpha value is -2.57. The summed E-state index contributed by atoms with van der Waals surface area (Å²) < 4.78 is 15.2. The SMILES string of the molecule is Cc1cc(NC(=O)[C@H](C)OC(=O)c2cc(C)oc2C)on1. The standard InChI is InChI=1S/C14H16N2O5/c1-7-5-12(21-16-7)15-13(17)10(4)20-14(18)11-6-8(2)19-9(11)3/h5-6,10H,1-4H3,(H,15,17)/t10-/m0/s1. The third kappa shape index (κ3) is 3.50. The summed E-state index contributed by atoms with van der Waals surface area (Å²) in [4.78, 5) is 23.8. The zero-order valence-electron chi connectivity index (χ0n) is 12.2. The van der Waals surface area contributed by atoms with Gasteiger partial charge >= 0.3 is 5.97 Å². The monoisotopic (exact) mass is 292 g/mol. The predicted molar refractivity (Wildman–Crippen MR) is 72.9 cm³/mol. The molecule has 2 aromatic heterocycles. The molecule has 7 heteroatoms. The second-order valence-corrected chi connectivity index (χ2v) is 4.70. The van der Waals surface area contributed by atoms with Crippen LogP contribution in [0.15, 0.2) is 21.1 Å². The lowest BCUT2D eigenvalue weighted by atomic mass is 10.2. The largest absolute Gasteiger partial charge is 0.466 e. The molecule has 1 amide bonds. The molecule has 7 nitrogen and oxygen atoms in total. The lowest BCUT2D eigenvalue weighted by molar-refractivity contribution is -0.123. The zero-order chi connectivity index (χ0) is 15.6. The number of hydrogen-bond acceptors (Lipinski definition) is 6. The van der Waals surface area contributed by atoms with Crippen LogP contribution in [0, 0.1) is 20.8 Å². The van der Waals surface area contributed by atoms with Crippen molar-refractivity contribution >= 4 is 17.8 Å². The molecule has 1 atom stereocenters. The second kappa shape index (κ2) is 5.82. The third-order valence-corrected chi connectivity index (χ3v) is 2.79. The fourth-order valence-electron chi connectivity index (χ4n) is 1.76. The maximum atomic E-state index is 12.0. The van der Waals surface area contributed by atoms with Crippen LogP contribution in [-0.2, 0) is 9.53 Å². The molecular weight excluding hydrogens is 276 g/mol.